The van der Waals surface area contributed by atoms with Crippen LogP contribution in [0.3, 0.4) is 0 Å². The Labute approximate surface area is 149 Å². The van der Waals surface area contributed by atoms with Gasteiger partial charge in [-0.25, -0.2) is 4.79 Å². The predicted molar refractivity (Wildman–Crippen MR) is 94.8 cm³/mol. The van der Waals surface area contributed by atoms with E-state index in [0.717, 1.165) is 5.56 Å². The Morgan fingerprint density at radius 2 is 2.00 bits per heavy atom. The summed E-state index contributed by atoms with van der Waals surface area (Å²) in [6.07, 6.45) is 1.62. The summed E-state index contributed by atoms with van der Waals surface area (Å²) in [5.74, 6) is 0.707. The molecule has 1 aromatic heterocycles. The number of carbonyl (C=O) groups is 2. The maximum Gasteiger partial charge on any atom is 0.341 e. The summed E-state index contributed by atoms with van der Waals surface area (Å²) < 4.78 is 21.6. The number of aryl methyl sites for hydroxylation is 1. The van der Waals surface area contributed by atoms with Crippen LogP contribution < -0.4 is 0 Å². The van der Waals surface area contributed by atoms with Crippen LogP contribution in [-0.4, -0.2) is 41.4 Å². The first-order valence-corrected chi connectivity index (χ1v) is 9.36. The Morgan fingerprint density at radius 1 is 1.28 bits per heavy atom. The van der Waals surface area contributed by atoms with E-state index in [-0.39, 0.29) is 12.5 Å². The van der Waals surface area contributed by atoms with Crippen LogP contribution in [0.1, 0.15) is 37.8 Å². The zero-order valence-electron chi connectivity index (χ0n) is 14.7. The summed E-state index contributed by atoms with van der Waals surface area (Å²) in [6, 6.07) is 8.66. The Morgan fingerprint density at radius 3 is 2.64 bits per heavy atom. The van der Waals surface area contributed by atoms with E-state index in [4.69, 9.17) is 9.15 Å². The molecule has 0 aliphatic carbocycles. The molecule has 1 heterocycles. The van der Waals surface area contributed by atoms with E-state index in [1.165, 1.54) is 12.0 Å². The van der Waals surface area contributed by atoms with Gasteiger partial charge in [-0.2, -0.15) is 0 Å². The van der Waals surface area contributed by atoms with Gasteiger partial charge < -0.3 is 14.1 Å². The lowest BCUT2D eigenvalue weighted by molar-refractivity contribution is 0.0598. The minimum Gasteiger partial charge on any atom is -0.465 e. The fourth-order valence-electron chi connectivity index (χ4n) is 2.49. The SMILES string of the molecule is COC(=O)c1cc(CN(C)C(=O)c2cccc(CS(C)=O)c2)oc1C. The Bertz CT molecular complexity index is 812. The summed E-state index contributed by atoms with van der Waals surface area (Å²) in [5, 5.41) is 0. The molecule has 134 valence electrons. The molecule has 6 nitrogen and oxygen atoms in total. The van der Waals surface area contributed by atoms with Crippen LogP contribution in [0.25, 0.3) is 0 Å². The molecule has 0 aliphatic heterocycles. The second kappa shape index (κ2) is 8.11. The van der Waals surface area contributed by atoms with E-state index in [0.29, 0.717) is 28.4 Å². The monoisotopic (exact) mass is 363 g/mol. The van der Waals surface area contributed by atoms with Crippen molar-refractivity contribution in [3.05, 3.63) is 58.5 Å². The van der Waals surface area contributed by atoms with Crippen LogP contribution >= 0.6 is 0 Å². The van der Waals surface area contributed by atoms with Gasteiger partial charge in [-0.1, -0.05) is 12.1 Å². The van der Waals surface area contributed by atoms with E-state index >= 15 is 0 Å². The van der Waals surface area contributed by atoms with E-state index in [1.807, 2.05) is 6.07 Å². The van der Waals surface area contributed by atoms with Crippen molar-refractivity contribution in [3.63, 3.8) is 0 Å². The second-order valence-corrected chi connectivity index (χ2v) is 7.19. The average Bonchev–Trinajstić information content (AvgIpc) is 2.93. The molecule has 0 N–H and O–H groups in total. The third kappa shape index (κ3) is 4.79. The molecule has 2 rings (SSSR count). The average molecular weight is 363 g/mol. The van der Waals surface area contributed by atoms with Crippen molar-refractivity contribution in [3.8, 4) is 0 Å². The Hall–Kier alpha value is -2.41. The van der Waals surface area contributed by atoms with Crippen molar-refractivity contribution in [1.82, 2.24) is 4.90 Å². The quantitative estimate of drug-likeness (QED) is 0.737. The number of nitrogens with zero attached hydrogens (tertiary/aromatic N) is 1. The summed E-state index contributed by atoms with van der Waals surface area (Å²) in [5.41, 5.74) is 1.72. The smallest absolute Gasteiger partial charge is 0.341 e. The molecule has 7 heteroatoms. The van der Waals surface area contributed by atoms with Gasteiger partial charge in [0.15, 0.2) is 0 Å². The van der Waals surface area contributed by atoms with Crippen LogP contribution in [0.5, 0.6) is 0 Å². The Kier molecular flexibility index (Phi) is 6.14. The molecule has 0 fully saturated rings. The number of furan rings is 1. The molecule has 0 bridgehead atoms. The third-order valence-corrected chi connectivity index (χ3v) is 4.40. The number of hydrogen-bond acceptors (Lipinski definition) is 5. The van der Waals surface area contributed by atoms with Gasteiger partial charge in [0.1, 0.15) is 17.1 Å². The van der Waals surface area contributed by atoms with E-state index in [2.05, 4.69) is 0 Å². The molecular formula is C18H21NO5S. The number of amides is 1. The van der Waals surface area contributed by atoms with Crippen LogP contribution in [0.2, 0.25) is 0 Å². The standard InChI is InChI=1S/C18H21NO5S/c1-12-16(18(21)23-3)9-15(24-12)10-19(2)17(20)14-7-5-6-13(8-14)11-25(4)22/h5-9H,10-11H2,1-4H3. The van der Waals surface area contributed by atoms with Crippen molar-refractivity contribution >= 4 is 22.7 Å². The fraction of sp³-hybridized carbons (Fsp3) is 0.333. The molecule has 0 spiro atoms. The van der Waals surface area contributed by atoms with Crippen LogP contribution in [0.4, 0.5) is 0 Å². The lowest BCUT2D eigenvalue weighted by atomic mass is 10.1. The van der Waals surface area contributed by atoms with Crippen LogP contribution in [0.15, 0.2) is 34.7 Å². The molecule has 1 unspecified atom stereocenters. The fourth-order valence-corrected chi connectivity index (χ4v) is 3.14. The number of benzene rings is 1. The van der Waals surface area contributed by atoms with Crippen molar-refractivity contribution < 1.29 is 23.0 Å². The number of esters is 1. The lowest BCUT2D eigenvalue weighted by Gasteiger charge is -2.16. The summed E-state index contributed by atoms with van der Waals surface area (Å²) in [6.45, 7) is 1.90. The molecule has 1 aromatic carbocycles. The van der Waals surface area contributed by atoms with Crippen LogP contribution in [0, 0.1) is 6.92 Å². The molecule has 0 radical (unpaired) electrons. The molecule has 25 heavy (non-hydrogen) atoms. The number of carbonyl (C=O) groups excluding carboxylic acids is 2. The molecule has 2 aromatic rings. The highest BCUT2D eigenvalue weighted by molar-refractivity contribution is 7.83. The van der Waals surface area contributed by atoms with Gasteiger partial charge in [0, 0.05) is 35.4 Å². The number of ether oxygens (including phenoxy) is 1. The van der Waals surface area contributed by atoms with E-state index in [9.17, 15) is 13.8 Å². The van der Waals surface area contributed by atoms with Crippen molar-refractivity contribution in [1.29, 1.82) is 0 Å². The number of hydrogen-bond donors (Lipinski definition) is 0. The first kappa shape index (κ1) is 18.9. The summed E-state index contributed by atoms with van der Waals surface area (Å²) >= 11 is 0. The largest absolute Gasteiger partial charge is 0.465 e. The topological polar surface area (TPSA) is 76.8 Å². The van der Waals surface area contributed by atoms with Gasteiger partial charge in [0.25, 0.3) is 5.91 Å². The van der Waals surface area contributed by atoms with Gasteiger partial charge in [0.2, 0.25) is 0 Å². The van der Waals surface area contributed by atoms with Gasteiger partial charge in [-0.3, -0.25) is 9.00 Å². The number of rotatable bonds is 6. The first-order valence-electron chi connectivity index (χ1n) is 7.64. The maximum absolute atomic E-state index is 12.6. The summed E-state index contributed by atoms with van der Waals surface area (Å²) in [7, 11) is 1.99. The van der Waals surface area contributed by atoms with E-state index in [1.54, 1.807) is 44.5 Å². The maximum atomic E-state index is 12.6. The van der Waals surface area contributed by atoms with E-state index < -0.39 is 16.8 Å². The minimum absolute atomic E-state index is 0.183. The highest BCUT2D eigenvalue weighted by Crippen LogP contribution is 2.18. The Balaban J connectivity index is 2.13. The molecule has 0 saturated carbocycles. The molecule has 1 amide bonds. The highest BCUT2D eigenvalue weighted by atomic mass is 32.2. The predicted octanol–water partition coefficient (Wildman–Crippen LogP) is 2.53. The normalized spacial score (nSPS) is 11.8. The first-order chi connectivity index (χ1) is 11.8. The van der Waals surface area contributed by atoms with Crippen molar-refractivity contribution in [2.24, 2.45) is 0 Å². The zero-order chi connectivity index (χ0) is 18.6. The molecular weight excluding hydrogens is 342 g/mol. The molecule has 0 saturated heterocycles. The number of methoxy groups -OCH3 is 1. The highest BCUT2D eigenvalue weighted by Gasteiger charge is 2.19. The molecule has 0 aliphatic rings. The van der Waals surface area contributed by atoms with Gasteiger partial charge in [-0.15, -0.1) is 0 Å². The van der Waals surface area contributed by atoms with Crippen LogP contribution in [-0.2, 0) is 27.8 Å². The van der Waals surface area contributed by atoms with Crippen molar-refractivity contribution in [2.45, 2.75) is 19.2 Å². The third-order valence-electron chi connectivity index (χ3n) is 3.66. The van der Waals surface area contributed by atoms with Gasteiger partial charge in [-0.05, 0) is 30.7 Å². The second-order valence-electron chi connectivity index (χ2n) is 5.75. The van der Waals surface area contributed by atoms with Gasteiger partial charge >= 0.3 is 5.97 Å². The molecule has 1 atom stereocenters. The lowest BCUT2D eigenvalue weighted by Crippen LogP contribution is -2.26. The zero-order valence-corrected chi connectivity index (χ0v) is 15.5. The van der Waals surface area contributed by atoms with Gasteiger partial charge in [0.05, 0.1) is 13.7 Å². The van der Waals surface area contributed by atoms with Crippen molar-refractivity contribution in [2.75, 3.05) is 20.4 Å². The minimum atomic E-state index is -0.969. The summed E-state index contributed by atoms with van der Waals surface area (Å²) in [4.78, 5) is 25.7.